The van der Waals surface area contributed by atoms with Gasteiger partial charge in [-0.05, 0) is 83.8 Å². The van der Waals surface area contributed by atoms with Gasteiger partial charge in [-0.3, -0.25) is 19.4 Å². The SMILES string of the molecule is CCC1=C[C@H]2CN(CCc3c([nH]c4c(Br)cccc34)[C@@](C(=O)OC)(c3cc4c(cc3OC)N(C)[C@H]3[C@@](O)(C(=O)OC)[C@H](OC(C)=O)[C@]5(CC)C=CCN6CC[C@]43[C@@H]65)C2)C1. The van der Waals surface area contributed by atoms with Crippen molar-refractivity contribution in [2.24, 2.45) is 11.3 Å². The summed E-state index contributed by atoms with van der Waals surface area (Å²) >= 11 is 3.82. The molecule has 13 heteroatoms. The van der Waals surface area contributed by atoms with E-state index >= 15 is 4.79 Å². The molecule has 59 heavy (non-hydrogen) atoms. The van der Waals surface area contributed by atoms with E-state index in [0.29, 0.717) is 50.1 Å². The molecule has 6 aliphatic rings. The van der Waals surface area contributed by atoms with Crippen LogP contribution in [0.3, 0.4) is 0 Å². The van der Waals surface area contributed by atoms with Crippen LogP contribution in [0.15, 0.2) is 58.6 Å². The molecule has 1 saturated carbocycles. The Kier molecular flexibility index (Phi) is 9.69. The molecule has 9 atom stereocenters. The zero-order valence-corrected chi connectivity index (χ0v) is 36.6. The number of fused-ring (bicyclic) bond motifs is 6. The van der Waals surface area contributed by atoms with Gasteiger partial charge in [0.15, 0.2) is 6.10 Å². The van der Waals surface area contributed by atoms with Crippen molar-refractivity contribution in [2.45, 2.75) is 87.5 Å². The van der Waals surface area contributed by atoms with Gasteiger partial charge < -0.3 is 33.9 Å². The predicted molar refractivity (Wildman–Crippen MR) is 227 cm³/mol. The molecule has 2 N–H and O–H groups in total. The molecule has 12 nitrogen and oxygen atoms in total. The third-order valence-corrected chi connectivity index (χ3v) is 15.8. The zero-order valence-electron chi connectivity index (χ0n) is 35.0. The van der Waals surface area contributed by atoms with Gasteiger partial charge in [0.1, 0.15) is 11.2 Å². The van der Waals surface area contributed by atoms with Crippen LogP contribution in [0.2, 0.25) is 0 Å². The van der Waals surface area contributed by atoms with E-state index in [4.69, 9.17) is 18.9 Å². The summed E-state index contributed by atoms with van der Waals surface area (Å²) in [5.74, 6) is -1.35. The van der Waals surface area contributed by atoms with Crippen molar-refractivity contribution in [2.75, 3.05) is 66.0 Å². The van der Waals surface area contributed by atoms with Crippen molar-refractivity contribution in [3.05, 3.63) is 81.0 Å². The Bertz CT molecular complexity index is 2320. The number of aromatic amines is 1. The summed E-state index contributed by atoms with van der Waals surface area (Å²) in [7, 11) is 6.23. The molecule has 9 rings (SSSR count). The average Bonchev–Trinajstić information content (AvgIpc) is 3.90. The van der Waals surface area contributed by atoms with Crippen molar-refractivity contribution >= 4 is 50.4 Å². The van der Waals surface area contributed by atoms with Crippen LogP contribution in [0.4, 0.5) is 5.69 Å². The van der Waals surface area contributed by atoms with Crippen LogP contribution < -0.4 is 9.64 Å². The first-order chi connectivity index (χ1) is 28.3. The second kappa shape index (κ2) is 14.2. The minimum absolute atomic E-state index is 0.00641. The summed E-state index contributed by atoms with van der Waals surface area (Å²) in [6, 6.07) is 9.09. The molecule has 5 aliphatic heterocycles. The summed E-state index contributed by atoms with van der Waals surface area (Å²) in [4.78, 5) is 53.5. The monoisotopic (exact) mass is 870 g/mol. The summed E-state index contributed by atoms with van der Waals surface area (Å²) in [6.07, 6.45) is 8.36. The number of nitrogens with zero attached hydrogens (tertiary/aromatic N) is 3. The number of anilines is 1. The molecule has 1 aromatic heterocycles. The van der Waals surface area contributed by atoms with Crippen molar-refractivity contribution in [1.29, 1.82) is 0 Å². The molecule has 2 aromatic carbocycles. The van der Waals surface area contributed by atoms with E-state index < -0.39 is 51.9 Å². The van der Waals surface area contributed by atoms with E-state index in [-0.39, 0.29) is 12.0 Å². The number of hydrogen-bond acceptors (Lipinski definition) is 11. The van der Waals surface area contributed by atoms with E-state index in [0.717, 1.165) is 63.9 Å². The number of likely N-dealkylation sites (N-methyl/N-ethyl adjacent to an activating group) is 1. The quantitative estimate of drug-likeness (QED) is 0.176. The smallest absolute Gasteiger partial charge is 0.344 e. The third kappa shape index (κ3) is 5.26. The van der Waals surface area contributed by atoms with E-state index in [2.05, 4.69) is 68.0 Å². The topological polar surface area (TPSA) is 134 Å². The number of aromatic nitrogens is 1. The highest BCUT2D eigenvalue weighted by Gasteiger charge is 2.80. The summed E-state index contributed by atoms with van der Waals surface area (Å²) < 4.78 is 24.9. The maximum atomic E-state index is 15.4. The number of para-hydroxylation sites is 1. The van der Waals surface area contributed by atoms with Gasteiger partial charge >= 0.3 is 17.9 Å². The summed E-state index contributed by atoms with van der Waals surface area (Å²) in [6.45, 7) is 9.38. The number of aliphatic hydroxyl groups is 1. The Morgan fingerprint density at radius 3 is 2.51 bits per heavy atom. The molecular weight excluding hydrogens is 816 g/mol. The number of esters is 3. The lowest BCUT2D eigenvalue weighted by Gasteiger charge is -2.63. The van der Waals surface area contributed by atoms with Crippen LogP contribution in [-0.4, -0.2) is 123 Å². The highest BCUT2D eigenvalue weighted by Crippen LogP contribution is 2.68. The molecule has 0 radical (unpaired) electrons. The lowest BCUT2D eigenvalue weighted by molar-refractivity contribution is -0.228. The minimum Gasteiger partial charge on any atom is -0.496 e. The first-order valence-electron chi connectivity index (χ1n) is 21.0. The van der Waals surface area contributed by atoms with Gasteiger partial charge in [0, 0.05) is 89.9 Å². The molecule has 2 fully saturated rings. The molecular formula is C46H55BrN4O8. The molecule has 1 aliphatic carbocycles. The third-order valence-electron chi connectivity index (χ3n) is 15.1. The maximum absolute atomic E-state index is 15.4. The Morgan fingerprint density at radius 2 is 1.81 bits per heavy atom. The van der Waals surface area contributed by atoms with Crippen LogP contribution in [0.5, 0.6) is 5.75 Å². The number of benzene rings is 2. The van der Waals surface area contributed by atoms with Gasteiger partial charge in [-0.2, -0.15) is 0 Å². The van der Waals surface area contributed by atoms with Crippen LogP contribution in [0, 0.1) is 11.3 Å². The Morgan fingerprint density at radius 1 is 1.03 bits per heavy atom. The van der Waals surface area contributed by atoms with E-state index in [9.17, 15) is 14.7 Å². The number of hydrogen-bond donors (Lipinski definition) is 2. The van der Waals surface area contributed by atoms with E-state index in [1.807, 2.05) is 37.1 Å². The number of methoxy groups -OCH3 is 3. The molecule has 314 valence electrons. The van der Waals surface area contributed by atoms with Gasteiger partial charge in [-0.15, -0.1) is 0 Å². The second-order valence-electron chi connectivity index (χ2n) is 17.6. The van der Waals surface area contributed by atoms with Crippen molar-refractivity contribution in [1.82, 2.24) is 14.8 Å². The fourth-order valence-corrected chi connectivity index (χ4v) is 13.5. The molecule has 3 aromatic rings. The number of nitrogens with one attached hydrogen (secondary N) is 1. The van der Waals surface area contributed by atoms with E-state index in [1.54, 1.807) is 7.11 Å². The van der Waals surface area contributed by atoms with Crippen LogP contribution >= 0.6 is 15.9 Å². The van der Waals surface area contributed by atoms with E-state index in [1.165, 1.54) is 26.7 Å². The zero-order chi connectivity index (χ0) is 41.8. The molecule has 1 unspecified atom stereocenters. The number of H-pyrrole nitrogens is 1. The second-order valence-corrected chi connectivity index (χ2v) is 18.5. The fraction of sp³-hybridized carbons (Fsp3) is 0.543. The Labute approximate surface area is 354 Å². The van der Waals surface area contributed by atoms with Crippen molar-refractivity contribution in [3.8, 4) is 5.75 Å². The normalized spacial score (nSPS) is 34.4. The lowest BCUT2D eigenvalue weighted by Crippen LogP contribution is -2.81. The number of halogens is 1. The van der Waals surface area contributed by atoms with Crippen LogP contribution in [-0.2, 0) is 45.8 Å². The number of ether oxygens (including phenoxy) is 4. The molecule has 6 heterocycles. The highest BCUT2D eigenvalue weighted by atomic mass is 79.9. The van der Waals surface area contributed by atoms with Gasteiger partial charge in [-0.1, -0.05) is 49.8 Å². The fourth-order valence-electron chi connectivity index (χ4n) is 13.1. The summed E-state index contributed by atoms with van der Waals surface area (Å²) in [5.41, 5.74) is 0.932. The summed E-state index contributed by atoms with van der Waals surface area (Å²) in [5, 5.41) is 14.4. The Balaban J connectivity index is 1.38. The van der Waals surface area contributed by atoms with Crippen molar-refractivity contribution in [3.63, 3.8) is 0 Å². The first-order valence-corrected chi connectivity index (χ1v) is 21.7. The Hall–Kier alpha value is -4.17. The number of carbonyl (C=O) groups excluding carboxylic acids is 3. The largest absolute Gasteiger partial charge is 0.496 e. The lowest BCUT2D eigenvalue weighted by atomic mass is 9.47. The van der Waals surface area contributed by atoms with Crippen molar-refractivity contribution < 1.29 is 38.4 Å². The number of rotatable bonds is 7. The van der Waals surface area contributed by atoms with Gasteiger partial charge in [0.25, 0.3) is 0 Å². The average molecular weight is 872 g/mol. The molecule has 0 amide bonds. The first kappa shape index (κ1) is 40.2. The highest BCUT2D eigenvalue weighted by molar-refractivity contribution is 9.10. The van der Waals surface area contributed by atoms with Crippen LogP contribution in [0.25, 0.3) is 10.9 Å². The van der Waals surface area contributed by atoms with Crippen LogP contribution in [0.1, 0.15) is 68.8 Å². The molecule has 1 saturated heterocycles. The maximum Gasteiger partial charge on any atom is 0.344 e. The molecule has 2 bridgehead atoms. The van der Waals surface area contributed by atoms with Gasteiger partial charge in [0.2, 0.25) is 5.60 Å². The predicted octanol–water partition coefficient (Wildman–Crippen LogP) is 5.56. The minimum atomic E-state index is -2.28. The standard InChI is InChI=1S/C46H55BrN4O8/c1-8-27-20-28-23-45(41(53)57-6,37-30(14-18-50(24-27)25-28)29-12-10-13-33(47)36(29)48-37)32-21-31-34(22-35(32)56-5)49(4)39-44(31)16-19-51-17-11-15-43(9-2,38(44)51)40(59-26(3)52)46(39,55)42(54)58-7/h10-13,15,20-22,28,38-40,48,55H,8-9,14,16-19,23-25H2,1-7H3/t28-,38+,39-,40-,43-,44-,45+,46+/m1/s1. The van der Waals surface area contributed by atoms with Gasteiger partial charge in [-0.25, -0.2) is 4.79 Å². The number of carbonyl (C=O) groups is 3. The molecule has 1 spiro atoms. The van der Waals surface area contributed by atoms with Gasteiger partial charge in [0.05, 0.1) is 32.9 Å².